The van der Waals surface area contributed by atoms with Crippen molar-refractivity contribution in [3.8, 4) is 16.9 Å². The van der Waals surface area contributed by atoms with Crippen LogP contribution in [0, 0.1) is 6.92 Å². The zero-order valence-corrected chi connectivity index (χ0v) is 18.4. The number of ether oxygens (including phenoxy) is 1. The minimum Gasteiger partial charge on any atom is -0.405 e. The molecule has 0 radical (unpaired) electrons. The zero-order chi connectivity index (χ0) is 24.0. The maximum absolute atomic E-state index is 13.3. The van der Waals surface area contributed by atoms with Crippen LogP contribution < -0.4 is 9.64 Å². The molecule has 0 fully saturated rings. The van der Waals surface area contributed by atoms with Crippen LogP contribution in [0.15, 0.2) is 60.7 Å². The minimum absolute atomic E-state index is 0.0914. The molecule has 0 unspecified atom stereocenters. The number of hydrogen-bond donors (Lipinski definition) is 0. The number of fused-ring (bicyclic) bond motifs is 1. The summed E-state index contributed by atoms with van der Waals surface area (Å²) in [6.45, 7) is 5.77. The highest BCUT2D eigenvalue weighted by molar-refractivity contribution is 6.08. The van der Waals surface area contributed by atoms with Crippen LogP contribution in [0.5, 0.6) is 5.75 Å². The predicted molar refractivity (Wildman–Crippen MR) is 119 cm³/mol. The second-order valence-corrected chi connectivity index (χ2v) is 8.61. The van der Waals surface area contributed by atoms with Crippen molar-refractivity contribution in [2.24, 2.45) is 0 Å². The molecule has 1 amide bonds. The van der Waals surface area contributed by atoms with E-state index in [0.29, 0.717) is 29.6 Å². The van der Waals surface area contributed by atoms with E-state index in [4.69, 9.17) is 0 Å². The van der Waals surface area contributed by atoms with Gasteiger partial charge >= 0.3 is 6.36 Å². The highest BCUT2D eigenvalue weighted by Gasteiger charge is 2.44. The van der Waals surface area contributed by atoms with Crippen molar-refractivity contribution < 1.29 is 27.5 Å². The molecule has 0 atom stereocenters. The molecule has 3 aromatic carbocycles. The van der Waals surface area contributed by atoms with E-state index in [1.54, 1.807) is 17.9 Å². The van der Waals surface area contributed by atoms with E-state index >= 15 is 0 Å². The second-order valence-electron chi connectivity index (χ2n) is 8.61. The van der Waals surface area contributed by atoms with Gasteiger partial charge in [0.05, 0.1) is 12.0 Å². The van der Waals surface area contributed by atoms with Gasteiger partial charge in [-0.2, -0.15) is 0 Å². The summed E-state index contributed by atoms with van der Waals surface area (Å²) in [5, 5.41) is 0. The molecule has 3 aromatic rings. The number of aldehydes is 1. The topological polar surface area (TPSA) is 46.6 Å². The monoisotopic (exact) mass is 453 g/mol. The lowest BCUT2D eigenvalue weighted by Gasteiger charge is -2.21. The molecule has 1 heterocycles. The number of rotatable bonds is 5. The first-order valence-electron chi connectivity index (χ1n) is 10.4. The first-order chi connectivity index (χ1) is 15.5. The Morgan fingerprint density at radius 1 is 1.00 bits per heavy atom. The van der Waals surface area contributed by atoms with Crippen molar-refractivity contribution >= 4 is 17.9 Å². The van der Waals surface area contributed by atoms with Gasteiger partial charge in [-0.3, -0.25) is 9.59 Å². The first kappa shape index (κ1) is 22.6. The van der Waals surface area contributed by atoms with Crippen LogP contribution in [0.3, 0.4) is 0 Å². The molecule has 4 rings (SSSR count). The molecule has 4 nitrogen and oxygen atoms in total. The van der Waals surface area contributed by atoms with E-state index < -0.39 is 17.5 Å². The van der Waals surface area contributed by atoms with E-state index in [2.05, 4.69) is 4.74 Å². The van der Waals surface area contributed by atoms with Gasteiger partial charge < -0.3 is 9.64 Å². The Morgan fingerprint density at radius 3 is 2.33 bits per heavy atom. The van der Waals surface area contributed by atoms with Gasteiger partial charge in [0.1, 0.15) is 12.0 Å². The van der Waals surface area contributed by atoms with Crippen molar-refractivity contribution in [3.05, 3.63) is 82.9 Å². The molecule has 1 aliphatic heterocycles. The number of carbonyl (C=O) groups is 2. The average Bonchev–Trinajstić information content (AvgIpc) is 2.93. The Kier molecular flexibility index (Phi) is 5.52. The third-order valence-electron chi connectivity index (χ3n) is 5.93. The Hall–Kier alpha value is -3.61. The second kappa shape index (κ2) is 8.06. The summed E-state index contributed by atoms with van der Waals surface area (Å²) in [5.74, 6) is -0.499. The van der Waals surface area contributed by atoms with Crippen LogP contribution in [-0.2, 0) is 16.8 Å². The molecule has 0 aliphatic carbocycles. The molecule has 170 valence electrons. The largest absolute Gasteiger partial charge is 0.573 e. The summed E-state index contributed by atoms with van der Waals surface area (Å²) in [6.07, 6.45) is -4.32. The molecular weight excluding hydrogens is 431 g/mol. The van der Waals surface area contributed by atoms with Crippen LogP contribution in [0.1, 0.15) is 40.9 Å². The fourth-order valence-electron chi connectivity index (χ4n) is 4.24. The van der Waals surface area contributed by atoms with Crippen LogP contribution in [-0.4, -0.2) is 18.6 Å². The fraction of sp³-hybridized carbons (Fsp3) is 0.231. The number of benzene rings is 3. The summed E-state index contributed by atoms with van der Waals surface area (Å²) in [5.41, 5.74) is 3.06. The molecule has 0 saturated carbocycles. The van der Waals surface area contributed by atoms with Gasteiger partial charge in [0.2, 0.25) is 5.91 Å². The Labute approximate surface area is 189 Å². The number of halogens is 3. The summed E-state index contributed by atoms with van der Waals surface area (Å²) in [4.78, 5) is 26.3. The van der Waals surface area contributed by atoms with E-state index in [1.165, 1.54) is 12.1 Å². The Balaban J connectivity index is 1.89. The van der Waals surface area contributed by atoms with E-state index in [0.717, 1.165) is 17.2 Å². The van der Waals surface area contributed by atoms with Gasteiger partial charge in [0, 0.05) is 16.8 Å². The lowest BCUT2D eigenvalue weighted by atomic mass is 9.84. The maximum atomic E-state index is 13.3. The fourth-order valence-corrected chi connectivity index (χ4v) is 4.24. The van der Waals surface area contributed by atoms with Gasteiger partial charge in [-0.25, -0.2) is 0 Å². The average molecular weight is 453 g/mol. The molecular formula is C26H22F3NO3. The van der Waals surface area contributed by atoms with Gasteiger partial charge in [-0.15, -0.1) is 13.2 Å². The summed E-state index contributed by atoms with van der Waals surface area (Å²) in [6, 6.07) is 16.8. The summed E-state index contributed by atoms with van der Waals surface area (Å²) < 4.78 is 43.4. The van der Waals surface area contributed by atoms with Crippen LogP contribution in [0.4, 0.5) is 18.9 Å². The number of aryl methyl sites for hydroxylation is 1. The van der Waals surface area contributed by atoms with Gasteiger partial charge in [0.25, 0.3) is 0 Å². The number of alkyl halides is 3. The van der Waals surface area contributed by atoms with Crippen molar-refractivity contribution in [2.45, 2.75) is 39.1 Å². The molecule has 0 aromatic heterocycles. The van der Waals surface area contributed by atoms with Crippen LogP contribution >= 0.6 is 0 Å². The molecule has 0 bridgehead atoms. The molecule has 1 aliphatic rings. The molecule has 33 heavy (non-hydrogen) atoms. The smallest absolute Gasteiger partial charge is 0.405 e. The highest BCUT2D eigenvalue weighted by Crippen LogP contribution is 2.47. The van der Waals surface area contributed by atoms with Crippen molar-refractivity contribution in [1.82, 2.24) is 0 Å². The molecule has 0 spiro atoms. The third-order valence-corrected chi connectivity index (χ3v) is 5.93. The Morgan fingerprint density at radius 2 is 1.70 bits per heavy atom. The van der Waals surface area contributed by atoms with Gasteiger partial charge in [0.15, 0.2) is 0 Å². The van der Waals surface area contributed by atoms with Crippen molar-refractivity contribution in [2.75, 3.05) is 4.90 Å². The van der Waals surface area contributed by atoms with E-state index in [1.807, 2.05) is 50.2 Å². The quantitative estimate of drug-likeness (QED) is 0.432. The summed E-state index contributed by atoms with van der Waals surface area (Å²) in [7, 11) is 0. The van der Waals surface area contributed by atoms with E-state index in [-0.39, 0.29) is 17.0 Å². The van der Waals surface area contributed by atoms with Crippen molar-refractivity contribution in [1.29, 1.82) is 0 Å². The number of nitrogens with zero attached hydrogens (tertiary/aromatic N) is 1. The normalized spacial score (nSPS) is 14.8. The summed E-state index contributed by atoms with van der Waals surface area (Å²) >= 11 is 0. The van der Waals surface area contributed by atoms with E-state index in [9.17, 15) is 22.8 Å². The zero-order valence-electron chi connectivity index (χ0n) is 18.4. The number of anilines is 1. The maximum Gasteiger partial charge on any atom is 0.573 e. The van der Waals surface area contributed by atoms with Crippen LogP contribution in [0.2, 0.25) is 0 Å². The van der Waals surface area contributed by atoms with Gasteiger partial charge in [-0.1, -0.05) is 36.4 Å². The third kappa shape index (κ3) is 4.23. The number of carbonyl (C=O) groups excluding carboxylic acids is 2. The number of hydrogen-bond acceptors (Lipinski definition) is 3. The SMILES string of the molecule is Cc1cc2c(cc1-c1cc(C=O)ccc1OC(F)(F)F)N(Cc1ccccc1)C(=O)C2(C)C. The molecule has 7 heteroatoms. The van der Waals surface area contributed by atoms with Gasteiger partial charge in [-0.05, 0) is 67.3 Å². The minimum atomic E-state index is -4.89. The molecule has 0 N–H and O–H groups in total. The lowest BCUT2D eigenvalue weighted by Crippen LogP contribution is -2.35. The first-order valence-corrected chi connectivity index (χ1v) is 10.4. The highest BCUT2D eigenvalue weighted by atomic mass is 19.4. The lowest BCUT2D eigenvalue weighted by molar-refractivity contribution is -0.274. The standard InChI is InChI=1S/C26H22F3NO3/c1-16-11-21-22(30(24(32)25(21,2)3)14-17-7-5-4-6-8-17)13-19(16)20-12-18(15-31)9-10-23(20)33-26(27,28)29/h4-13,15H,14H2,1-3H3. The number of amides is 1. The van der Waals surface area contributed by atoms with Crippen LogP contribution in [0.25, 0.3) is 11.1 Å². The van der Waals surface area contributed by atoms with Crippen molar-refractivity contribution in [3.63, 3.8) is 0 Å². The Bertz CT molecular complexity index is 1230. The predicted octanol–water partition coefficient (Wildman–Crippen LogP) is 6.20. The molecule has 0 saturated heterocycles.